The molecule has 0 radical (unpaired) electrons. The standard InChI is InChI=1S/C13H28N2/c1-3-4-5-6-7-8-13(2)15-11-9-14-10-12-15/h13-14H,3-12H2,1-2H3. The summed E-state index contributed by atoms with van der Waals surface area (Å²) in [6.07, 6.45) is 8.46. The van der Waals surface area contributed by atoms with Gasteiger partial charge in [-0.2, -0.15) is 0 Å². The van der Waals surface area contributed by atoms with Gasteiger partial charge in [-0.25, -0.2) is 0 Å². The SMILES string of the molecule is CCCCCCCC(C)N1CCNCC1. The van der Waals surface area contributed by atoms with Crippen molar-refractivity contribution in [1.82, 2.24) is 10.2 Å². The lowest BCUT2D eigenvalue weighted by Gasteiger charge is -2.32. The van der Waals surface area contributed by atoms with Gasteiger partial charge in [0.25, 0.3) is 0 Å². The van der Waals surface area contributed by atoms with E-state index in [0.29, 0.717) is 0 Å². The van der Waals surface area contributed by atoms with Crippen molar-refractivity contribution < 1.29 is 0 Å². The maximum absolute atomic E-state index is 3.41. The van der Waals surface area contributed by atoms with E-state index in [1.807, 2.05) is 0 Å². The van der Waals surface area contributed by atoms with Crippen LogP contribution in [0.25, 0.3) is 0 Å². The van der Waals surface area contributed by atoms with Gasteiger partial charge in [0.1, 0.15) is 0 Å². The fourth-order valence-electron chi connectivity index (χ4n) is 2.35. The third kappa shape index (κ3) is 5.53. The second kappa shape index (κ2) is 8.12. The van der Waals surface area contributed by atoms with E-state index in [4.69, 9.17) is 0 Å². The van der Waals surface area contributed by atoms with E-state index < -0.39 is 0 Å². The fraction of sp³-hybridized carbons (Fsp3) is 1.00. The summed E-state index contributed by atoms with van der Waals surface area (Å²) in [5, 5.41) is 3.41. The molecule has 0 aromatic heterocycles. The molecule has 1 N–H and O–H groups in total. The van der Waals surface area contributed by atoms with Crippen molar-refractivity contribution in [3.8, 4) is 0 Å². The maximum atomic E-state index is 3.41. The summed E-state index contributed by atoms with van der Waals surface area (Å²) >= 11 is 0. The van der Waals surface area contributed by atoms with Crippen LogP contribution in [0, 0.1) is 0 Å². The molecule has 2 heteroatoms. The van der Waals surface area contributed by atoms with E-state index in [1.54, 1.807) is 0 Å². The quantitative estimate of drug-likeness (QED) is 0.653. The lowest BCUT2D eigenvalue weighted by molar-refractivity contribution is 0.174. The number of unbranched alkanes of at least 4 members (excludes halogenated alkanes) is 4. The highest BCUT2D eigenvalue weighted by molar-refractivity contribution is 4.73. The van der Waals surface area contributed by atoms with E-state index in [9.17, 15) is 0 Å². The first-order valence-corrected chi connectivity index (χ1v) is 6.79. The number of piperazine rings is 1. The van der Waals surface area contributed by atoms with Crippen LogP contribution in [-0.2, 0) is 0 Å². The minimum Gasteiger partial charge on any atom is -0.314 e. The van der Waals surface area contributed by atoms with Gasteiger partial charge in [-0.15, -0.1) is 0 Å². The summed E-state index contributed by atoms with van der Waals surface area (Å²) < 4.78 is 0. The number of hydrogen-bond donors (Lipinski definition) is 1. The van der Waals surface area contributed by atoms with Crippen LogP contribution in [0.5, 0.6) is 0 Å². The zero-order valence-electron chi connectivity index (χ0n) is 10.6. The van der Waals surface area contributed by atoms with Crippen molar-refractivity contribution in [2.45, 2.75) is 58.4 Å². The predicted octanol–water partition coefficient (Wildman–Crippen LogP) is 2.64. The average molecular weight is 212 g/mol. The topological polar surface area (TPSA) is 15.3 Å². The predicted molar refractivity (Wildman–Crippen MR) is 67.3 cm³/mol. The molecule has 1 heterocycles. The van der Waals surface area contributed by atoms with Crippen LogP contribution in [0.4, 0.5) is 0 Å². The number of rotatable bonds is 7. The Hall–Kier alpha value is -0.0800. The van der Waals surface area contributed by atoms with E-state index in [1.165, 1.54) is 64.7 Å². The average Bonchev–Trinajstić information content (AvgIpc) is 2.30. The van der Waals surface area contributed by atoms with Gasteiger partial charge >= 0.3 is 0 Å². The molecule has 1 fully saturated rings. The highest BCUT2D eigenvalue weighted by atomic mass is 15.2. The van der Waals surface area contributed by atoms with Gasteiger partial charge in [-0.3, -0.25) is 4.90 Å². The van der Waals surface area contributed by atoms with Crippen LogP contribution in [0.2, 0.25) is 0 Å². The van der Waals surface area contributed by atoms with Gasteiger partial charge in [0.2, 0.25) is 0 Å². The summed E-state index contributed by atoms with van der Waals surface area (Å²) in [6, 6.07) is 0.800. The molecular weight excluding hydrogens is 184 g/mol. The Balaban J connectivity index is 1.99. The molecule has 0 bridgehead atoms. The van der Waals surface area contributed by atoms with E-state index in [2.05, 4.69) is 24.1 Å². The van der Waals surface area contributed by atoms with Crippen molar-refractivity contribution in [3.63, 3.8) is 0 Å². The zero-order chi connectivity index (χ0) is 10.9. The molecule has 0 spiro atoms. The van der Waals surface area contributed by atoms with Crippen molar-refractivity contribution in [2.24, 2.45) is 0 Å². The first-order chi connectivity index (χ1) is 7.34. The van der Waals surface area contributed by atoms with Gasteiger partial charge in [-0.1, -0.05) is 39.0 Å². The Morgan fingerprint density at radius 2 is 1.73 bits per heavy atom. The third-order valence-electron chi connectivity index (χ3n) is 3.50. The number of nitrogens with one attached hydrogen (secondary N) is 1. The molecule has 2 nitrogen and oxygen atoms in total. The van der Waals surface area contributed by atoms with E-state index in [-0.39, 0.29) is 0 Å². The van der Waals surface area contributed by atoms with Gasteiger partial charge in [0, 0.05) is 32.2 Å². The maximum Gasteiger partial charge on any atom is 0.0110 e. The van der Waals surface area contributed by atoms with Crippen LogP contribution in [-0.4, -0.2) is 37.1 Å². The largest absolute Gasteiger partial charge is 0.314 e. The molecular formula is C13H28N2. The van der Waals surface area contributed by atoms with Crippen LogP contribution in [0.3, 0.4) is 0 Å². The first-order valence-electron chi connectivity index (χ1n) is 6.79. The summed E-state index contributed by atoms with van der Waals surface area (Å²) in [6.45, 7) is 9.53. The molecule has 1 aliphatic heterocycles. The van der Waals surface area contributed by atoms with Crippen molar-refractivity contribution in [3.05, 3.63) is 0 Å². The van der Waals surface area contributed by atoms with Gasteiger partial charge in [0.15, 0.2) is 0 Å². The van der Waals surface area contributed by atoms with Crippen LogP contribution >= 0.6 is 0 Å². The summed E-state index contributed by atoms with van der Waals surface area (Å²) in [5.74, 6) is 0. The lowest BCUT2D eigenvalue weighted by Crippen LogP contribution is -2.47. The minimum absolute atomic E-state index is 0.800. The van der Waals surface area contributed by atoms with Crippen molar-refractivity contribution in [2.75, 3.05) is 26.2 Å². The smallest absolute Gasteiger partial charge is 0.0110 e. The van der Waals surface area contributed by atoms with Crippen LogP contribution < -0.4 is 5.32 Å². The molecule has 0 aliphatic carbocycles. The van der Waals surface area contributed by atoms with E-state index in [0.717, 1.165) is 6.04 Å². The Bertz CT molecular complexity index is 141. The fourth-order valence-corrected chi connectivity index (χ4v) is 2.35. The summed E-state index contributed by atoms with van der Waals surface area (Å²) in [7, 11) is 0. The molecule has 1 atom stereocenters. The molecule has 0 saturated carbocycles. The third-order valence-corrected chi connectivity index (χ3v) is 3.50. The Kier molecular flexibility index (Phi) is 7.03. The molecule has 0 amide bonds. The normalized spacial score (nSPS) is 20.4. The Morgan fingerprint density at radius 3 is 2.40 bits per heavy atom. The zero-order valence-corrected chi connectivity index (χ0v) is 10.6. The minimum atomic E-state index is 0.800. The molecule has 1 saturated heterocycles. The van der Waals surface area contributed by atoms with Crippen LogP contribution in [0.1, 0.15) is 52.4 Å². The van der Waals surface area contributed by atoms with Gasteiger partial charge in [-0.05, 0) is 13.3 Å². The highest BCUT2D eigenvalue weighted by Crippen LogP contribution is 2.11. The Morgan fingerprint density at radius 1 is 1.07 bits per heavy atom. The molecule has 1 rings (SSSR count). The number of nitrogens with zero attached hydrogens (tertiary/aromatic N) is 1. The van der Waals surface area contributed by atoms with Gasteiger partial charge < -0.3 is 5.32 Å². The van der Waals surface area contributed by atoms with Crippen molar-refractivity contribution >= 4 is 0 Å². The summed E-state index contributed by atoms with van der Waals surface area (Å²) in [5.41, 5.74) is 0. The lowest BCUT2D eigenvalue weighted by atomic mass is 10.1. The molecule has 1 aliphatic rings. The highest BCUT2D eigenvalue weighted by Gasteiger charge is 2.15. The van der Waals surface area contributed by atoms with Crippen LogP contribution in [0.15, 0.2) is 0 Å². The molecule has 90 valence electrons. The molecule has 0 aromatic carbocycles. The summed E-state index contributed by atoms with van der Waals surface area (Å²) in [4.78, 5) is 2.64. The monoisotopic (exact) mass is 212 g/mol. The second-order valence-corrected chi connectivity index (χ2v) is 4.84. The Labute approximate surface area is 95.4 Å². The first kappa shape index (κ1) is 13.0. The van der Waals surface area contributed by atoms with Gasteiger partial charge in [0.05, 0.1) is 0 Å². The molecule has 0 aromatic rings. The van der Waals surface area contributed by atoms with E-state index >= 15 is 0 Å². The van der Waals surface area contributed by atoms with Crippen molar-refractivity contribution in [1.29, 1.82) is 0 Å². The molecule has 1 unspecified atom stereocenters. The molecule has 15 heavy (non-hydrogen) atoms. The second-order valence-electron chi connectivity index (χ2n) is 4.84. The number of hydrogen-bond acceptors (Lipinski definition) is 2.